The second-order valence-corrected chi connectivity index (χ2v) is 9.41. The van der Waals surface area contributed by atoms with Crippen molar-refractivity contribution in [2.45, 2.75) is 38.0 Å². The molecule has 2 aromatic carbocycles. The van der Waals surface area contributed by atoms with Crippen molar-refractivity contribution in [3.05, 3.63) is 89.6 Å². The van der Waals surface area contributed by atoms with E-state index >= 15 is 0 Å². The van der Waals surface area contributed by atoms with Crippen molar-refractivity contribution in [3.63, 3.8) is 0 Å². The highest BCUT2D eigenvalue weighted by Crippen LogP contribution is 2.37. The van der Waals surface area contributed by atoms with E-state index in [1.54, 1.807) is 6.20 Å². The molecule has 2 N–H and O–H groups in total. The molecule has 2 aromatic heterocycles. The quantitative estimate of drug-likeness (QED) is 0.217. The zero-order chi connectivity index (χ0) is 27.2. The van der Waals surface area contributed by atoms with E-state index < -0.39 is 23.4 Å². The van der Waals surface area contributed by atoms with Gasteiger partial charge < -0.3 is 14.8 Å². The first kappa shape index (κ1) is 26.9. The van der Waals surface area contributed by atoms with Crippen LogP contribution in [0.4, 0.5) is 18.9 Å². The van der Waals surface area contributed by atoms with Crippen LogP contribution in [0.1, 0.15) is 54.1 Å². The highest BCUT2D eigenvalue weighted by atomic mass is 19.2. The lowest BCUT2D eigenvalue weighted by atomic mass is 9.77. The Balaban J connectivity index is 0.000000257. The number of aldehydes is 1. The molecule has 1 aliphatic rings. The Morgan fingerprint density at radius 1 is 1.00 bits per heavy atom. The van der Waals surface area contributed by atoms with Crippen molar-refractivity contribution >= 4 is 23.6 Å². The summed E-state index contributed by atoms with van der Waals surface area (Å²) in [5, 5.41) is 11.4. The number of nitrogens with zero attached hydrogens (tertiary/aromatic N) is 2. The van der Waals surface area contributed by atoms with Gasteiger partial charge in [0, 0.05) is 43.7 Å². The molecule has 198 valence electrons. The fraction of sp³-hybridized carbons (Fsp3) is 0.276. The number of carboxylic acid groups (broad SMARTS) is 1. The third-order valence-corrected chi connectivity index (χ3v) is 6.89. The monoisotopic (exact) mass is 523 g/mol. The summed E-state index contributed by atoms with van der Waals surface area (Å²) in [5.74, 6) is -3.64. The van der Waals surface area contributed by atoms with E-state index in [1.807, 2.05) is 22.7 Å². The Kier molecular flexibility index (Phi) is 8.45. The molecule has 1 aliphatic carbocycles. The number of hydrogen-bond acceptors (Lipinski definition) is 4. The first-order valence-corrected chi connectivity index (χ1v) is 12.4. The number of imidazole rings is 1. The second-order valence-electron chi connectivity index (χ2n) is 9.41. The van der Waals surface area contributed by atoms with Crippen LogP contribution in [0, 0.1) is 23.4 Å². The van der Waals surface area contributed by atoms with Crippen LogP contribution in [0.2, 0.25) is 0 Å². The predicted molar refractivity (Wildman–Crippen MR) is 139 cm³/mol. The molecule has 5 rings (SSSR count). The molecule has 0 amide bonds. The van der Waals surface area contributed by atoms with E-state index in [1.165, 1.54) is 12.6 Å². The molecular weight excluding hydrogens is 495 g/mol. The summed E-state index contributed by atoms with van der Waals surface area (Å²) in [5.41, 5.74) is 4.94. The molecule has 0 unspecified atom stereocenters. The maximum absolute atomic E-state index is 12.4. The van der Waals surface area contributed by atoms with E-state index in [-0.39, 0.29) is 5.69 Å². The molecule has 6 nitrogen and oxygen atoms in total. The van der Waals surface area contributed by atoms with Gasteiger partial charge in [0.1, 0.15) is 11.3 Å². The molecule has 4 aromatic rings. The zero-order valence-corrected chi connectivity index (χ0v) is 20.8. The Bertz CT molecular complexity index is 1410. The summed E-state index contributed by atoms with van der Waals surface area (Å²) in [4.78, 5) is 26.0. The molecule has 0 radical (unpaired) electrons. The summed E-state index contributed by atoms with van der Waals surface area (Å²) < 4.78 is 38.9. The predicted octanol–water partition coefficient (Wildman–Crippen LogP) is 6.71. The number of fused-ring (bicyclic) bond motifs is 1. The van der Waals surface area contributed by atoms with Gasteiger partial charge in [0.2, 0.25) is 0 Å². The van der Waals surface area contributed by atoms with Gasteiger partial charge in [0.15, 0.2) is 23.7 Å². The minimum atomic E-state index is -1.44. The number of carbonyl (C=O) groups is 2. The standard InChI is InChI=1S/C22H22N2O3.C7H6F3N/c25-14-20-13-24-12-19(9-10-21(24)23-20)18-7-5-17(6-8-18)16-3-1-15(2-4-16)11-22(26)27;1-11-4-2-5(8)7(10)6(9)3-4/h5-10,12-16H,1-4,11H2,(H,26,27);2-3,11H,1H3. The Hall–Kier alpha value is -4.14. The number of halogens is 3. The fourth-order valence-corrected chi connectivity index (χ4v) is 4.83. The summed E-state index contributed by atoms with van der Waals surface area (Å²) in [7, 11) is 1.49. The molecule has 1 fully saturated rings. The van der Waals surface area contributed by atoms with Gasteiger partial charge >= 0.3 is 5.97 Å². The summed E-state index contributed by atoms with van der Waals surface area (Å²) in [6.45, 7) is 0. The first-order chi connectivity index (χ1) is 18.3. The van der Waals surface area contributed by atoms with Gasteiger partial charge in [-0.05, 0) is 66.3 Å². The molecule has 2 heterocycles. The zero-order valence-electron chi connectivity index (χ0n) is 20.8. The number of nitrogens with one attached hydrogen (secondary N) is 1. The van der Waals surface area contributed by atoms with Crippen LogP contribution in [-0.4, -0.2) is 33.8 Å². The number of pyridine rings is 1. The van der Waals surface area contributed by atoms with Gasteiger partial charge in [-0.25, -0.2) is 18.2 Å². The van der Waals surface area contributed by atoms with Crippen LogP contribution in [0.5, 0.6) is 0 Å². The number of rotatable bonds is 6. The van der Waals surface area contributed by atoms with Crippen LogP contribution >= 0.6 is 0 Å². The molecule has 9 heteroatoms. The summed E-state index contributed by atoms with van der Waals surface area (Å²) in [6, 6.07) is 14.4. The van der Waals surface area contributed by atoms with Crippen LogP contribution in [0.3, 0.4) is 0 Å². The Morgan fingerprint density at radius 3 is 2.21 bits per heavy atom. The lowest BCUT2D eigenvalue weighted by molar-refractivity contribution is -0.138. The van der Waals surface area contributed by atoms with Gasteiger partial charge in [-0.15, -0.1) is 0 Å². The number of benzene rings is 2. The molecule has 1 saturated carbocycles. The number of hydrogen-bond donors (Lipinski definition) is 2. The van der Waals surface area contributed by atoms with E-state index in [2.05, 4.69) is 34.6 Å². The third kappa shape index (κ3) is 6.40. The van der Waals surface area contributed by atoms with Crippen LogP contribution in [0.25, 0.3) is 16.8 Å². The second kappa shape index (κ2) is 11.9. The van der Waals surface area contributed by atoms with E-state index in [0.29, 0.717) is 24.0 Å². The number of aromatic nitrogens is 2. The molecule has 38 heavy (non-hydrogen) atoms. The SMILES string of the molecule is CNc1cc(F)c(F)c(F)c1.O=Cc1cn2cc(-c3ccc(C4CCC(CC(=O)O)CC4)cc3)ccc2n1. The molecule has 0 saturated heterocycles. The van der Waals surface area contributed by atoms with Crippen LogP contribution < -0.4 is 5.32 Å². The first-order valence-electron chi connectivity index (χ1n) is 12.4. The molecular formula is C29H28F3N3O3. The van der Waals surface area contributed by atoms with Crippen molar-refractivity contribution in [1.29, 1.82) is 0 Å². The van der Waals surface area contributed by atoms with Crippen molar-refractivity contribution < 1.29 is 27.9 Å². The van der Waals surface area contributed by atoms with Gasteiger partial charge in [-0.2, -0.15) is 0 Å². The van der Waals surface area contributed by atoms with Crippen molar-refractivity contribution in [2.75, 3.05) is 12.4 Å². The largest absolute Gasteiger partial charge is 0.481 e. The van der Waals surface area contributed by atoms with Gasteiger partial charge in [0.25, 0.3) is 0 Å². The molecule has 0 bridgehead atoms. The highest BCUT2D eigenvalue weighted by molar-refractivity contribution is 5.74. The average Bonchev–Trinajstić information content (AvgIpc) is 3.35. The number of carboxylic acids is 1. The smallest absolute Gasteiger partial charge is 0.303 e. The Labute approximate surface area is 218 Å². The number of anilines is 1. The van der Waals surface area contributed by atoms with Crippen molar-refractivity contribution in [1.82, 2.24) is 9.38 Å². The van der Waals surface area contributed by atoms with Gasteiger partial charge in [0.05, 0.1) is 0 Å². The summed E-state index contributed by atoms with van der Waals surface area (Å²) in [6.07, 6.45) is 8.89. The highest BCUT2D eigenvalue weighted by Gasteiger charge is 2.24. The minimum absolute atomic E-state index is 0.210. The molecule has 0 spiro atoms. The van der Waals surface area contributed by atoms with Crippen LogP contribution in [0.15, 0.2) is 60.9 Å². The Morgan fingerprint density at radius 2 is 1.63 bits per heavy atom. The van der Waals surface area contributed by atoms with E-state index in [0.717, 1.165) is 60.9 Å². The molecule has 0 aliphatic heterocycles. The number of aliphatic carboxylic acids is 1. The van der Waals surface area contributed by atoms with E-state index in [4.69, 9.17) is 5.11 Å². The van der Waals surface area contributed by atoms with Crippen molar-refractivity contribution in [3.8, 4) is 11.1 Å². The normalized spacial score (nSPS) is 16.9. The third-order valence-electron chi connectivity index (χ3n) is 6.89. The maximum Gasteiger partial charge on any atom is 0.303 e. The van der Waals surface area contributed by atoms with Crippen LogP contribution in [-0.2, 0) is 4.79 Å². The van der Waals surface area contributed by atoms with Crippen molar-refractivity contribution in [2.24, 2.45) is 5.92 Å². The molecule has 0 atom stereocenters. The number of carbonyl (C=O) groups excluding carboxylic acids is 1. The van der Waals surface area contributed by atoms with Gasteiger partial charge in [-0.1, -0.05) is 24.3 Å². The van der Waals surface area contributed by atoms with E-state index in [9.17, 15) is 22.8 Å². The topological polar surface area (TPSA) is 83.7 Å². The lowest BCUT2D eigenvalue weighted by Gasteiger charge is -2.28. The minimum Gasteiger partial charge on any atom is -0.481 e. The van der Waals surface area contributed by atoms with Gasteiger partial charge in [-0.3, -0.25) is 9.59 Å². The average molecular weight is 524 g/mol. The fourth-order valence-electron chi connectivity index (χ4n) is 4.83. The lowest BCUT2D eigenvalue weighted by Crippen LogP contribution is -2.16. The maximum atomic E-state index is 12.4. The summed E-state index contributed by atoms with van der Waals surface area (Å²) >= 11 is 0.